The maximum atomic E-state index is 13.1. The molecule has 0 spiro atoms. The fraction of sp³-hybridized carbons (Fsp3) is 0.160. The van der Waals surface area contributed by atoms with Crippen LogP contribution in [0.3, 0.4) is 0 Å². The van der Waals surface area contributed by atoms with Gasteiger partial charge in [-0.25, -0.2) is 0 Å². The van der Waals surface area contributed by atoms with Gasteiger partial charge in [0.25, 0.3) is 11.5 Å². The van der Waals surface area contributed by atoms with Crippen LogP contribution >= 0.6 is 12.2 Å². The third kappa shape index (κ3) is 4.25. The van der Waals surface area contributed by atoms with Crippen molar-refractivity contribution < 1.29 is 14.3 Å². The van der Waals surface area contributed by atoms with E-state index in [1.807, 2.05) is 43.3 Å². The summed E-state index contributed by atoms with van der Waals surface area (Å²) in [6, 6.07) is 18.6. The molecule has 5 rings (SSSR count). The lowest BCUT2D eigenvalue weighted by atomic mass is 10.1. The lowest BCUT2D eigenvalue weighted by Gasteiger charge is -2.10. The molecular weight excluding hydrogens is 438 g/mol. The Kier molecular flexibility index (Phi) is 5.43. The molecule has 3 aromatic carbocycles. The minimum absolute atomic E-state index is 0.130. The van der Waals surface area contributed by atoms with E-state index in [0.29, 0.717) is 39.3 Å². The Hall–Kier alpha value is -3.91. The number of carbonyl (C=O) groups excluding carboxylic acids is 1. The summed E-state index contributed by atoms with van der Waals surface area (Å²) in [5.41, 5.74) is 4.01. The first-order valence-corrected chi connectivity index (χ1v) is 10.9. The molecule has 0 aliphatic carbocycles. The lowest BCUT2D eigenvalue weighted by molar-refractivity contribution is 0.0951. The second kappa shape index (κ2) is 8.55. The number of rotatable bonds is 5. The van der Waals surface area contributed by atoms with Crippen LogP contribution in [0.25, 0.3) is 10.9 Å². The number of fused-ring (bicyclic) bond motifs is 2. The smallest absolute Gasteiger partial charge is 0.262 e. The Balaban J connectivity index is 1.33. The van der Waals surface area contributed by atoms with E-state index < -0.39 is 0 Å². The van der Waals surface area contributed by atoms with Crippen molar-refractivity contribution in [1.29, 1.82) is 0 Å². The van der Waals surface area contributed by atoms with E-state index in [4.69, 9.17) is 21.7 Å². The second-order valence-electron chi connectivity index (χ2n) is 7.94. The molecule has 0 bridgehead atoms. The SMILES string of the molecule is Cc1ccc(CNC(=O)c2ccc(Cn3c(=S)[nH]c4cc5c(cc4c3=O)OCO5)cc2)cc1. The first-order valence-electron chi connectivity index (χ1n) is 10.5. The van der Waals surface area contributed by atoms with E-state index >= 15 is 0 Å². The highest BCUT2D eigenvalue weighted by molar-refractivity contribution is 7.71. The van der Waals surface area contributed by atoms with E-state index in [2.05, 4.69) is 10.3 Å². The second-order valence-corrected chi connectivity index (χ2v) is 8.32. The van der Waals surface area contributed by atoms with Crippen molar-refractivity contribution in [1.82, 2.24) is 14.9 Å². The fourth-order valence-electron chi connectivity index (χ4n) is 3.72. The molecule has 0 atom stereocenters. The van der Waals surface area contributed by atoms with Crippen LogP contribution in [0.4, 0.5) is 0 Å². The lowest BCUT2D eigenvalue weighted by Crippen LogP contribution is -2.23. The number of aryl methyl sites for hydroxylation is 1. The molecule has 0 radical (unpaired) electrons. The van der Waals surface area contributed by atoms with Gasteiger partial charge in [-0.05, 0) is 48.5 Å². The van der Waals surface area contributed by atoms with E-state index in [-0.39, 0.29) is 24.8 Å². The topological polar surface area (TPSA) is 85.4 Å². The summed E-state index contributed by atoms with van der Waals surface area (Å²) in [5.74, 6) is 0.970. The third-order valence-corrected chi connectivity index (χ3v) is 5.93. The number of nitrogens with zero attached hydrogens (tertiary/aromatic N) is 1. The molecule has 33 heavy (non-hydrogen) atoms. The Bertz CT molecular complexity index is 1470. The zero-order valence-electron chi connectivity index (χ0n) is 17.9. The first-order chi connectivity index (χ1) is 16.0. The van der Waals surface area contributed by atoms with Crippen molar-refractivity contribution in [3.8, 4) is 11.5 Å². The van der Waals surface area contributed by atoms with Gasteiger partial charge in [0.05, 0.1) is 17.4 Å². The van der Waals surface area contributed by atoms with Gasteiger partial charge in [-0.1, -0.05) is 42.0 Å². The highest BCUT2D eigenvalue weighted by atomic mass is 32.1. The summed E-state index contributed by atoms with van der Waals surface area (Å²) in [7, 11) is 0. The number of H-pyrrole nitrogens is 1. The number of amides is 1. The highest BCUT2D eigenvalue weighted by Crippen LogP contribution is 2.34. The molecule has 8 heteroatoms. The molecule has 2 heterocycles. The van der Waals surface area contributed by atoms with Gasteiger partial charge >= 0.3 is 0 Å². The van der Waals surface area contributed by atoms with Gasteiger partial charge in [0.2, 0.25) is 6.79 Å². The van der Waals surface area contributed by atoms with Gasteiger partial charge in [-0.3, -0.25) is 14.2 Å². The summed E-state index contributed by atoms with van der Waals surface area (Å²) in [6.07, 6.45) is 0. The number of hydrogen-bond donors (Lipinski definition) is 2. The Labute approximate surface area is 194 Å². The van der Waals surface area contributed by atoms with Crippen LogP contribution in [0.5, 0.6) is 11.5 Å². The normalized spacial score (nSPS) is 12.2. The predicted molar refractivity (Wildman–Crippen MR) is 127 cm³/mol. The molecule has 1 aliphatic heterocycles. The van der Waals surface area contributed by atoms with Crippen molar-refractivity contribution >= 4 is 29.0 Å². The summed E-state index contributed by atoms with van der Waals surface area (Å²) < 4.78 is 12.6. The number of ether oxygens (including phenoxy) is 2. The molecule has 7 nitrogen and oxygen atoms in total. The molecule has 2 N–H and O–H groups in total. The number of aromatic nitrogens is 2. The van der Waals surface area contributed by atoms with Gasteiger partial charge in [0.1, 0.15) is 0 Å². The molecular formula is C25H21N3O4S. The minimum Gasteiger partial charge on any atom is -0.454 e. The number of carbonyl (C=O) groups is 1. The molecule has 0 fully saturated rings. The van der Waals surface area contributed by atoms with E-state index in [0.717, 1.165) is 11.1 Å². The number of aromatic amines is 1. The molecule has 166 valence electrons. The maximum absolute atomic E-state index is 13.1. The molecule has 0 saturated heterocycles. The van der Waals surface area contributed by atoms with Crippen LogP contribution in [0.2, 0.25) is 0 Å². The molecule has 0 unspecified atom stereocenters. The van der Waals surface area contributed by atoms with Crippen LogP contribution in [-0.2, 0) is 13.1 Å². The van der Waals surface area contributed by atoms with Crippen molar-refractivity contribution in [2.24, 2.45) is 0 Å². The fourth-order valence-corrected chi connectivity index (χ4v) is 3.98. The van der Waals surface area contributed by atoms with Gasteiger partial charge in [0, 0.05) is 18.2 Å². The van der Waals surface area contributed by atoms with Crippen LogP contribution in [0.1, 0.15) is 27.0 Å². The van der Waals surface area contributed by atoms with Crippen molar-refractivity contribution in [2.45, 2.75) is 20.0 Å². The molecule has 1 aliphatic rings. The summed E-state index contributed by atoms with van der Waals surface area (Å²) >= 11 is 5.42. The Morgan fingerprint density at radius 2 is 1.70 bits per heavy atom. The van der Waals surface area contributed by atoms with Crippen molar-refractivity contribution in [2.75, 3.05) is 6.79 Å². The van der Waals surface area contributed by atoms with Crippen LogP contribution in [-0.4, -0.2) is 22.3 Å². The van der Waals surface area contributed by atoms with Crippen LogP contribution < -0.4 is 20.3 Å². The number of benzene rings is 3. The monoisotopic (exact) mass is 459 g/mol. The minimum atomic E-state index is -0.216. The molecule has 1 amide bonds. The third-order valence-electron chi connectivity index (χ3n) is 5.61. The van der Waals surface area contributed by atoms with Crippen LogP contribution in [0.15, 0.2) is 65.5 Å². The predicted octanol–water partition coefficient (Wildman–Crippen LogP) is 4.07. The average molecular weight is 460 g/mol. The quantitative estimate of drug-likeness (QED) is 0.440. The Morgan fingerprint density at radius 1 is 1.03 bits per heavy atom. The first kappa shape index (κ1) is 21.0. The van der Waals surface area contributed by atoms with Crippen molar-refractivity contribution in [3.63, 3.8) is 0 Å². The standard InChI is InChI=1S/C25H21N3O4S/c1-15-2-4-16(5-3-15)12-26-23(29)18-8-6-17(7-9-18)13-28-24(30)19-10-21-22(32-14-31-21)11-20(19)27-25(28)33/h2-11H,12-14H2,1H3,(H,26,29)(H,27,33). The average Bonchev–Trinajstić information content (AvgIpc) is 3.28. The zero-order valence-corrected chi connectivity index (χ0v) is 18.7. The summed E-state index contributed by atoms with van der Waals surface area (Å²) in [4.78, 5) is 28.7. The van der Waals surface area contributed by atoms with E-state index in [1.165, 1.54) is 10.1 Å². The van der Waals surface area contributed by atoms with Crippen LogP contribution in [0, 0.1) is 11.7 Å². The van der Waals surface area contributed by atoms with E-state index in [9.17, 15) is 9.59 Å². The Morgan fingerprint density at radius 3 is 2.42 bits per heavy atom. The molecule has 4 aromatic rings. The summed E-state index contributed by atoms with van der Waals surface area (Å²) in [5, 5.41) is 3.40. The highest BCUT2D eigenvalue weighted by Gasteiger charge is 2.17. The number of hydrogen-bond acceptors (Lipinski definition) is 5. The van der Waals surface area contributed by atoms with Gasteiger partial charge < -0.3 is 19.8 Å². The molecule has 0 saturated carbocycles. The maximum Gasteiger partial charge on any atom is 0.262 e. The van der Waals surface area contributed by atoms with Gasteiger partial charge in [0.15, 0.2) is 16.3 Å². The zero-order chi connectivity index (χ0) is 22.9. The van der Waals surface area contributed by atoms with Crippen molar-refractivity contribution in [3.05, 3.63) is 98.0 Å². The van der Waals surface area contributed by atoms with E-state index in [1.54, 1.807) is 24.3 Å². The van der Waals surface area contributed by atoms with Gasteiger partial charge in [-0.15, -0.1) is 0 Å². The van der Waals surface area contributed by atoms with Gasteiger partial charge in [-0.2, -0.15) is 0 Å². The molecule has 1 aromatic heterocycles. The largest absolute Gasteiger partial charge is 0.454 e. The number of nitrogens with one attached hydrogen (secondary N) is 2. The summed E-state index contributed by atoms with van der Waals surface area (Å²) in [6.45, 7) is 2.90.